The number of carbonyl (C=O) groups excluding carboxylic acids is 2. The van der Waals surface area contributed by atoms with Crippen LogP contribution in [0.15, 0.2) is 93.0 Å². The van der Waals surface area contributed by atoms with Crippen LogP contribution in [0.3, 0.4) is 0 Å². The van der Waals surface area contributed by atoms with Gasteiger partial charge in [0.05, 0.1) is 39.1 Å². The molecule has 3 aliphatic rings. The average molecular weight is 641 g/mol. The number of hydrazone groups is 1. The van der Waals surface area contributed by atoms with Crippen LogP contribution in [-0.4, -0.2) is 33.6 Å². The predicted octanol–water partition coefficient (Wildman–Crippen LogP) is 6.59. The van der Waals surface area contributed by atoms with Crippen molar-refractivity contribution in [3.63, 3.8) is 0 Å². The maximum absolute atomic E-state index is 14.9. The zero-order valence-electron chi connectivity index (χ0n) is 23.1. The van der Waals surface area contributed by atoms with Crippen LogP contribution in [0.25, 0.3) is 0 Å². The SMILES string of the molecule is CC1=NN(c2ccccc2)C(=O)[C@]12C[C@@H]1C(=O)c3ccccc3O[C@H]1[C@H](c1onc(C)c1[N+](=O)[O-])[C@H]2c1cccc(Br)c1. The molecule has 1 aromatic heterocycles. The molecule has 1 saturated carbocycles. The van der Waals surface area contributed by atoms with Crippen molar-refractivity contribution in [3.8, 4) is 5.75 Å². The predicted molar refractivity (Wildman–Crippen MR) is 160 cm³/mol. The number of nitro groups is 1. The molecule has 3 heterocycles. The molecule has 0 unspecified atom stereocenters. The Hall–Kier alpha value is -4.64. The van der Waals surface area contributed by atoms with Crippen molar-refractivity contribution in [2.75, 3.05) is 5.01 Å². The van der Waals surface area contributed by atoms with Crippen molar-refractivity contribution in [1.82, 2.24) is 5.16 Å². The van der Waals surface area contributed by atoms with Gasteiger partial charge in [0.2, 0.25) is 5.76 Å². The molecule has 0 radical (unpaired) electrons. The van der Waals surface area contributed by atoms with Gasteiger partial charge in [-0.3, -0.25) is 19.7 Å². The Labute approximate surface area is 254 Å². The average Bonchev–Trinajstić information content (AvgIpc) is 3.50. The van der Waals surface area contributed by atoms with E-state index in [2.05, 4.69) is 21.1 Å². The molecule has 1 amide bonds. The number of para-hydroxylation sites is 2. The number of aryl methyl sites for hydroxylation is 1. The molecule has 11 heteroatoms. The van der Waals surface area contributed by atoms with Gasteiger partial charge in [0, 0.05) is 10.4 Å². The van der Waals surface area contributed by atoms with Gasteiger partial charge in [-0.2, -0.15) is 10.1 Å². The first kappa shape index (κ1) is 27.2. The maximum atomic E-state index is 14.9. The second-order valence-electron chi connectivity index (χ2n) is 11.2. The lowest BCUT2D eigenvalue weighted by Gasteiger charge is -2.51. The number of ether oxygens (including phenoxy) is 1. The smallest absolute Gasteiger partial charge is 0.334 e. The Kier molecular flexibility index (Phi) is 6.31. The number of anilines is 1. The van der Waals surface area contributed by atoms with Crippen LogP contribution < -0.4 is 9.75 Å². The van der Waals surface area contributed by atoms with Gasteiger partial charge in [-0.05, 0) is 62.2 Å². The molecule has 1 fully saturated rings. The molecule has 2 aliphatic heterocycles. The molecule has 0 saturated heterocycles. The molecule has 0 N–H and O–H groups in total. The zero-order valence-corrected chi connectivity index (χ0v) is 24.7. The van der Waals surface area contributed by atoms with Crippen molar-refractivity contribution < 1.29 is 23.8 Å². The van der Waals surface area contributed by atoms with Crippen LogP contribution in [0, 0.1) is 28.4 Å². The number of rotatable bonds is 4. The van der Waals surface area contributed by atoms with E-state index in [0.717, 1.165) is 4.47 Å². The molecule has 4 aromatic rings. The van der Waals surface area contributed by atoms with Crippen molar-refractivity contribution in [1.29, 1.82) is 0 Å². The molecule has 7 rings (SSSR count). The van der Waals surface area contributed by atoms with E-state index < -0.39 is 34.2 Å². The summed E-state index contributed by atoms with van der Waals surface area (Å²) in [5.41, 5.74) is 0.642. The van der Waals surface area contributed by atoms with Gasteiger partial charge in [0.15, 0.2) is 11.5 Å². The molecule has 216 valence electrons. The maximum Gasteiger partial charge on any atom is 0.334 e. The van der Waals surface area contributed by atoms with Crippen molar-refractivity contribution in [3.05, 3.63) is 116 Å². The minimum atomic E-state index is -1.36. The quantitative estimate of drug-likeness (QED) is 0.182. The van der Waals surface area contributed by atoms with Crippen LogP contribution in [0.1, 0.15) is 52.6 Å². The Morgan fingerprint density at radius 2 is 1.77 bits per heavy atom. The van der Waals surface area contributed by atoms with Gasteiger partial charge >= 0.3 is 5.69 Å². The Balaban J connectivity index is 1.52. The minimum absolute atomic E-state index is 0.0347. The van der Waals surface area contributed by atoms with Crippen LogP contribution in [0.4, 0.5) is 11.4 Å². The van der Waals surface area contributed by atoms with Gasteiger partial charge in [-0.25, -0.2) is 0 Å². The van der Waals surface area contributed by atoms with E-state index in [0.29, 0.717) is 28.3 Å². The summed E-state index contributed by atoms with van der Waals surface area (Å²) in [7, 11) is 0. The lowest BCUT2D eigenvalue weighted by atomic mass is 9.52. The number of carbonyl (C=O) groups is 2. The number of aromatic nitrogens is 1. The highest BCUT2D eigenvalue weighted by atomic mass is 79.9. The summed E-state index contributed by atoms with van der Waals surface area (Å²) >= 11 is 3.57. The summed E-state index contributed by atoms with van der Waals surface area (Å²) in [5.74, 6) is -2.70. The highest BCUT2D eigenvalue weighted by Gasteiger charge is 2.67. The second-order valence-corrected chi connectivity index (χ2v) is 12.1. The van der Waals surface area contributed by atoms with E-state index in [9.17, 15) is 19.7 Å². The largest absolute Gasteiger partial charge is 0.488 e. The number of hydrogen-bond donors (Lipinski definition) is 0. The van der Waals surface area contributed by atoms with Crippen molar-refractivity contribution in [2.45, 2.75) is 38.2 Å². The van der Waals surface area contributed by atoms with Crippen LogP contribution in [0.5, 0.6) is 5.75 Å². The Morgan fingerprint density at radius 3 is 2.51 bits per heavy atom. The fourth-order valence-corrected chi connectivity index (χ4v) is 7.55. The highest BCUT2D eigenvalue weighted by molar-refractivity contribution is 9.10. The fourth-order valence-electron chi connectivity index (χ4n) is 7.13. The Morgan fingerprint density at radius 1 is 1.02 bits per heavy atom. The number of fused-ring (bicyclic) bond motifs is 2. The molecule has 43 heavy (non-hydrogen) atoms. The van der Waals surface area contributed by atoms with Crippen molar-refractivity contribution in [2.24, 2.45) is 16.4 Å². The third kappa shape index (κ3) is 3.98. The van der Waals surface area contributed by atoms with Gasteiger partial charge in [0.25, 0.3) is 5.91 Å². The molecule has 3 aromatic carbocycles. The Bertz CT molecular complexity index is 1840. The summed E-state index contributed by atoms with van der Waals surface area (Å²) in [5, 5.41) is 22.6. The molecular formula is C32H25BrN4O6. The molecule has 10 nitrogen and oxygen atoms in total. The van der Waals surface area contributed by atoms with Gasteiger partial charge in [-0.1, -0.05) is 63.6 Å². The fraction of sp³-hybridized carbons (Fsp3) is 0.250. The third-order valence-corrected chi connectivity index (χ3v) is 9.45. The number of halogens is 1. The zero-order chi connectivity index (χ0) is 30.0. The number of nitrogens with zero attached hydrogens (tertiary/aromatic N) is 4. The molecule has 5 atom stereocenters. The number of ketones is 1. The van der Waals surface area contributed by atoms with E-state index >= 15 is 0 Å². The monoisotopic (exact) mass is 640 g/mol. The summed E-state index contributed by atoms with van der Waals surface area (Å²) in [4.78, 5) is 41.0. The molecule has 0 bridgehead atoms. The van der Waals surface area contributed by atoms with Crippen LogP contribution >= 0.6 is 15.9 Å². The third-order valence-electron chi connectivity index (χ3n) is 8.96. The first-order chi connectivity index (χ1) is 20.7. The summed E-state index contributed by atoms with van der Waals surface area (Å²) < 4.78 is 13.1. The van der Waals surface area contributed by atoms with Gasteiger partial charge < -0.3 is 9.26 Å². The lowest BCUT2D eigenvalue weighted by Crippen LogP contribution is -2.58. The van der Waals surface area contributed by atoms with Gasteiger partial charge in [-0.15, -0.1) is 0 Å². The van der Waals surface area contributed by atoms with E-state index in [1.807, 2.05) is 42.5 Å². The standard InChI is InChI=1S/C32H25BrN4O6/c1-17-27(37(40)41)30(43-35-17)25-26(19-9-8-10-20(33)15-19)32(18(2)34-36(31(32)39)21-11-4-3-5-12-21)16-23-28(38)22-13-6-7-14-24(22)42-29(23)25/h3-15,23,25-26,29H,16H2,1-2H3/t23-,25-,26-,29-,32-/m1/s1. The van der Waals surface area contributed by atoms with Gasteiger partial charge in [0.1, 0.15) is 11.9 Å². The second kappa shape index (κ2) is 9.98. The van der Waals surface area contributed by atoms with Crippen molar-refractivity contribution >= 4 is 44.7 Å². The summed E-state index contributed by atoms with van der Waals surface area (Å²) in [6.45, 7) is 3.29. The van der Waals surface area contributed by atoms with Crippen LogP contribution in [0.2, 0.25) is 0 Å². The van der Waals surface area contributed by atoms with Crippen LogP contribution in [-0.2, 0) is 4.79 Å². The number of Topliss-reactive ketones (excluding diaryl/α,β-unsaturated/α-hetero) is 1. The number of hydrogen-bond acceptors (Lipinski definition) is 8. The van der Waals surface area contributed by atoms with E-state index in [1.54, 1.807) is 43.3 Å². The van der Waals surface area contributed by atoms with E-state index in [-0.39, 0.29) is 35.3 Å². The molecule has 1 aliphatic carbocycles. The molecular weight excluding hydrogens is 616 g/mol. The number of benzene rings is 3. The summed E-state index contributed by atoms with van der Waals surface area (Å²) in [6.07, 6.45) is -0.786. The first-order valence-corrected chi connectivity index (χ1v) is 14.6. The topological polar surface area (TPSA) is 128 Å². The first-order valence-electron chi connectivity index (χ1n) is 13.8. The normalized spacial score (nSPS) is 26.1. The summed E-state index contributed by atoms with van der Waals surface area (Å²) in [6, 6.07) is 23.5. The lowest BCUT2D eigenvalue weighted by molar-refractivity contribution is -0.387. The highest BCUT2D eigenvalue weighted by Crippen LogP contribution is 2.62. The number of amides is 1. The van der Waals surface area contributed by atoms with E-state index in [4.69, 9.17) is 14.4 Å². The van der Waals surface area contributed by atoms with E-state index in [1.165, 1.54) is 11.9 Å². The minimum Gasteiger partial charge on any atom is -0.488 e. The molecule has 1 spiro atoms.